The largest absolute Gasteiger partial charge is 0.324 e. The van der Waals surface area contributed by atoms with Crippen LogP contribution in [-0.2, 0) is 0 Å². The minimum atomic E-state index is 0.124. The number of hydrogen-bond acceptors (Lipinski definition) is 3. The molecule has 3 heteroatoms. The summed E-state index contributed by atoms with van der Waals surface area (Å²) in [7, 11) is 0. The average molecular weight is 232 g/mol. The number of nitrogens with zero attached hydrogens (tertiary/aromatic N) is 1. The molecule has 2 nitrogen and oxygen atoms in total. The van der Waals surface area contributed by atoms with Crippen molar-refractivity contribution in [3.8, 4) is 0 Å². The van der Waals surface area contributed by atoms with Gasteiger partial charge in [0.2, 0.25) is 0 Å². The van der Waals surface area contributed by atoms with Crippen LogP contribution in [0, 0.1) is 0 Å². The van der Waals surface area contributed by atoms with Crippen molar-refractivity contribution in [1.29, 1.82) is 0 Å². The molecule has 1 aromatic heterocycles. The number of benzene rings is 1. The van der Waals surface area contributed by atoms with E-state index in [4.69, 9.17) is 5.73 Å². The Morgan fingerprint density at radius 1 is 1.38 bits per heavy atom. The fraction of sp³-hybridized carbons (Fsp3) is 0.308. The predicted molar refractivity (Wildman–Crippen MR) is 71.7 cm³/mol. The van der Waals surface area contributed by atoms with Gasteiger partial charge in [0.05, 0.1) is 0 Å². The van der Waals surface area contributed by atoms with Crippen molar-refractivity contribution in [2.24, 2.45) is 5.73 Å². The Balaban J connectivity index is 2.36. The van der Waals surface area contributed by atoms with Gasteiger partial charge in [0.15, 0.2) is 0 Å². The first-order chi connectivity index (χ1) is 7.83. The van der Waals surface area contributed by atoms with Crippen molar-refractivity contribution in [2.45, 2.75) is 12.5 Å². The van der Waals surface area contributed by atoms with Crippen LogP contribution in [0.4, 0.5) is 0 Å². The van der Waals surface area contributed by atoms with Crippen molar-refractivity contribution in [3.05, 3.63) is 42.2 Å². The Bertz CT molecular complexity index is 465. The van der Waals surface area contributed by atoms with E-state index in [0.29, 0.717) is 0 Å². The number of nitrogens with two attached hydrogens (primary N) is 1. The van der Waals surface area contributed by atoms with Crippen LogP contribution in [0.15, 0.2) is 36.7 Å². The summed E-state index contributed by atoms with van der Waals surface area (Å²) in [6.07, 6.45) is 6.84. The molecule has 0 radical (unpaired) electrons. The zero-order chi connectivity index (χ0) is 11.4. The molecule has 0 aliphatic heterocycles. The summed E-state index contributed by atoms with van der Waals surface area (Å²) in [4.78, 5) is 4.13. The molecule has 1 unspecified atom stereocenters. The maximum atomic E-state index is 6.21. The molecule has 2 N–H and O–H groups in total. The van der Waals surface area contributed by atoms with E-state index in [1.165, 1.54) is 16.3 Å². The van der Waals surface area contributed by atoms with E-state index in [1.54, 1.807) is 0 Å². The normalized spacial score (nSPS) is 12.9. The Labute approximate surface area is 100 Å². The highest BCUT2D eigenvalue weighted by Crippen LogP contribution is 2.24. The Morgan fingerprint density at radius 3 is 3.06 bits per heavy atom. The van der Waals surface area contributed by atoms with E-state index in [2.05, 4.69) is 29.4 Å². The van der Waals surface area contributed by atoms with Gasteiger partial charge in [0, 0.05) is 23.8 Å². The number of thioether (sulfide) groups is 1. The second-order valence-electron chi connectivity index (χ2n) is 3.83. The van der Waals surface area contributed by atoms with Crippen LogP contribution in [0.25, 0.3) is 10.8 Å². The van der Waals surface area contributed by atoms with Gasteiger partial charge in [-0.1, -0.05) is 18.2 Å². The van der Waals surface area contributed by atoms with Crippen molar-refractivity contribution in [2.75, 3.05) is 12.0 Å². The molecule has 0 aliphatic rings. The highest BCUT2D eigenvalue weighted by atomic mass is 32.2. The maximum Gasteiger partial charge on any atom is 0.0346 e. The van der Waals surface area contributed by atoms with Crippen molar-refractivity contribution in [3.63, 3.8) is 0 Å². The van der Waals surface area contributed by atoms with Crippen molar-refractivity contribution < 1.29 is 0 Å². The zero-order valence-electron chi connectivity index (χ0n) is 9.39. The molecule has 2 rings (SSSR count). The molecular weight excluding hydrogens is 216 g/mol. The van der Waals surface area contributed by atoms with E-state index in [0.717, 1.165) is 12.2 Å². The van der Waals surface area contributed by atoms with Crippen LogP contribution in [0.5, 0.6) is 0 Å². The van der Waals surface area contributed by atoms with Gasteiger partial charge >= 0.3 is 0 Å². The zero-order valence-corrected chi connectivity index (χ0v) is 10.2. The van der Waals surface area contributed by atoms with E-state index in [9.17, 15) is 0 Å². The second kappa shape index (κ2) is 5.32. The minimum absolute atomic E-state index is 0.124. The quantitative estimate of drug-likeness (QED) is 0.880. The number of hydrogen-bond donors (Lipinski definition) is 1. The third-order valence-corrected chi connectivity index (χ3v) is 3.39. The highest BCUT2D eigenvalue weighted by Gasteiger charge is 2.08. The van der Waals surface area contributed by atoms with E-state index in [-0.39, 0.29) is 6.04 Å². The number of aromatic nitrogens is 1. The van der Waals surface area contributed by atoms with Crippen molar-refractivity contribution >= 4 is 22.5 Å². The monoisotopic (exact) mass is 232 g/mol. The standard InChI is InChI=1S/C13H16N2S/c1-16-8-6-13(14)12-4-2-3-10-9-15-7-5-11(10)12/h2-5,7,9,13H,6,8,14H2,1H3. The lowest BCUT2D eigenvalue weighted by Crippen LogP contribution is -2.11. The first-order valence-corrected chi connectivity index (χ1v) is 6.79. The molecule has 16 heavy (non-hydrogen) atoms. The first kappa shape index (κ1) is 11.4. The topological polar surface area (TPSA) is 38.9 Å². The third kappa shape index (κ3) is 2.36. The van der Waals surface area contributed by atoms with Gasteiger partial charge in [0.1, 0.15) is 0 Å². The smallest absolute Gasteiger partial charge is 0.0346 e. The fourth-order valence-corrected chi connectivity index (χ4v) is 2.36. The predicted octanol–water partition coefficient (Wildman–Crippen LogP) is 2.99. The summed E-state index contributed by atoms with van der Waals surface area (Å²) in [6.45, 7) is 0. The van der Waals surface area contributed by atoms with Gasteiger partial charge in [-0.3, -0.25) is 4.98 Å². The maximum absolute atomic E-state index is 6.21. The van der Waals surface area contributed by atoms with Gasteiger partial charge in [-0.2, -0.15) is 11.8 Å². The Kier molecular flexibility index (Phi) is 3.80. The minimum Gasteiger partial charge on any atom is -0.324 e. The molecule has 0 aliphatic carbocycles. The average Bonchev–Trinajstić information content (AvgIpc) is 2.35. The first-order valence-electron chi connectivity index (χ1n) is 5.40. The van der Waals surface area contributed by atoms with Gasteiger partial charge in [0.25, 0.3) is 0 Å². The molecule has 0 fully saturated rings. The lowest BCUT2D eigenvalue weighted by atomic mass is 9.99. The van der Waals surface area contributed by atoms with E-state index >= 15 is 0 Å². The SMILES string of the molecule is CSCCC(N)c1cccc2cnccc12. The summed E-state index contributed by atoms with van der Waals surface area (Å²) >= 11 is 1.84. The van der Waals surface area contributed by atoms with Gasteiger partial charge in [-0.25, -0.2) is 0 Å². The molecular formula is C13H16N2S. The molecule has 0 saturated carbocycles. The fourth-order valence-electron chi connectivity index (χ4n) is 1.87. The molecule has 0 bridgehead atoms. The van der Waals surface area contributed by atoms with E-state index < -0.39 is 0 Å². The van der Waals surface area contributed by atoms with Crippen LogP contribution < -0.4 is 5.73 Å². The number of rotatable bonds is 4. The van der Waals surface area contributed by atoms with Crippen molar-refractivity contribution in [1.82, 2.24) is 4.98 Å². The second-order valence-corrected chi connectivity index (χ2v) is 4.82. The molecule has 1 heterocycles. The van der Waals surface area contributed by atoms with Crippen LogP contribution in [-0.4, -0.2) is 17.0 Å². The molecule has 2 aromatic rings. The molecule has 84 valence electrons. The lowest BCUT2D eigenvalue weighted by Gasteiger charge is -2.13. The van der Waals surface area contributed by atoms with Gasteiger partial charge in [-0.15, -0.1) is 0 Å². The molecule has 0 spiro atoms. The van der Waals surface area contributed by atoms with Crippen LogP contribution in [0.1, 0.15) is 18.0 Å². The highest BCUT2D eigenvalue weighted by molar-refractivity contribution is 7.98. The molecule has 0 amide bonds. The summed E-state index contributed by atoms with van der Waals surface area (Å²) in [5.41, 5.74) is 7.44. The third-order valence-electron chi connectivity index (χ3n) is 2.75. The lowest BCUT2D eigenvalue weighted by molar-refractivity contribution is 0.711. The summed E-state index contributed by atoms with van der Waals surface area (Å²) in [6, 6.07) is 8.42. The van der Waals surface area contributed by atoms with E-state index in [1.807, 2.05) is 30.2 Å². The van der Waals surface area contributed by atoms with Gasteiger partial charge in [-0.05, 0) is 35.4 Å². The van der Waals surface area contributed by atoms with Crippen LogP contribution in [0.3, 0.4) is 0 Å². The van der Waals surface area contributed by atoms with Crippen LogP contribution in [0.2, 0.25) is 0 Å². The summed E-state index contributed by atoms with van der Waals surface area (Å²) < 4.78 is 0. The summed E-state index contributed by atoms with van der Waals surface area (Å²) in [5, 5.41) is 2.39. The number of fused-ring (bicyclic) bond motifs is 1. The molecule has 1 atom stereocenters. The Hall–Kier alpha value is -1.06. The number of pyridine rings is 1. The van der Waals surface area contributed by atoms with Crippen LogP contribution >= 0.6 is 11.8 Å². The molecule has 1 aromatic carbocycles. The molecule has 0 saturated heterocycles. The Morgan fingerprint density at radius 2 is 2.25 bits per heavy atom. The summed E-state index contributed by atoms with van der Waals surface area (Å²) in [5.74, 6) is 1.10. The van der Waals surface area contributed by atoms with Gasteiger partial charge < -0.3 is 5.73 Å².